The van der Waals surface area contributed by atoms with Crippen LogP contribution >= 0.6 is 0 Å². The number of ether oxygens (including phenoxy) is 1. The Morgan fingerprint density at radius 2 is 1.25 bits per heavy atom. The first kappa shape index (κ1) is 30.4. The molecule has 0 heterocycles. The molecule has 4 nitrogen and oxygen atoms in total. The molecule has 0 saturated heterocycles. The Labute approximate surface area is 197 Å². The van der Waals surface area contributed by atoms with E-state index in [0.717, 1.165) is 19.3 Å². The van der Waals surface area contributed by atoms with Gasteiger partial charge in [0.15, 0.2) is 0 Å². The maximum atomic E-state index is 11.9. The van der Waals surface area contributed by atoms with Crippen LogP contribution in [0.15, 0.2) is 24.8 Å². The summed E-state index contributed by atoms with van der Waals surface area (Å²) in [5.41, 5.74) is 0. The van der Waals surface area contributed by atoms with Crippen molar-refractivity contribution in [2.45, 2.75) is 129 Å². The molecule has 0 aliphatic carbocycles. The summed E-state index contributed by atoms with van der Waals surface area (Å²) in [6, 6.07) is 0. The van der Waals surface area contributed by atoms with Crippen molar-refractivity contribution < 1.29 is 19.4 Å². The van der Waals surface area contributed by atoms with Crippen molar-refractivity contribution in [1.29, 1.82) is 0 Å². The Morgan fingerprint density at radius 3 is 1.72 bits per heavy atom. The van der Waals surface area contributed by atoms with Gasteiger partial charge in [-0.1, -0.05) is 115 Å². The summed E-state index contributed by atoms with van der Waals surface area (Å²) in [5, 5.41) is 8.98. The second-order valence-electron chi connectivity index (χ2n) is 9.00. The van der Waals surface area contributed by atoms with Crippen LogP contribution in [0.4, 0.5) is 0 Å². The number of carboxylic acid groups (broad SMARTS) is 1. The number of hydrogen-bond acceptors (Lipinski definition) is 3. The van der Waals surface area contributed by atoms with Gasteiger partial charge in [0.25, 0.3) is 0 Å². The van der Waals surface area contributed by atoms with E-state index in [9.17, 15) is 9.59 Å². The lowest BCUT2D eigenvalue weighted by atomic mass is 9.97. The van der Waals surface area contributed by atoms with Gasteiger partial charge in [-0.15, -0.1) is 0 Å². The second kappa shape index (κ2) is 24.1. The number of allylic oxidation sites excluding steroid dienone is 2. The molecule has 1 N–H and O–H groups in total. The molecule has 0 amide bonds. The van der Waals surface area contributed by atoms with Crippen molar-refractivity contribution in [3.8, 4) is 0 Å². The molecule has 0 aliphatic rings. The molecule has 0 fully saturated rings. The van der Waals surface area contributed by atoms with Gasteiger partial charge in [0.2, 0.25) is 0 Å². The average molecular weight is 451 g/mol. The summed E-state index contributed by atoms with van der Waals surface area (Å²) in [4.78, 5) is 22.9. The van der Waals surface area contributed by atoms with Crippen molar-refractivity contribution in [2.24, 2.45) is 5.92 Å². The van der Waals surface area contributed by atoms with E-state index < -0.39 is 17.9 Å². The van der Waals surface area contributed by atoms with Crippen molar-refractivity contribution in [3.05, 3.63) is 24.8 Å². The Hall–Kier alpha value is -1.58. The molecule has 186 valence electrons. The summed E-state index contributed by atoms with van der Waals surface area (Å²) < 4.78 is 5.02. The zero-order valence-electron chi connectivity index (χ0n) is 20.8. The normalized spacial score (nSPS) is 12.2. The van der Waals surface area contributed by atoms with Gasteiger partial charge < -0.3 is 9.84 Å². The molecule has 4 heteroatoms. The molecule has 0 radical (unpaired) electrons. The van der Waals surface area contributed by atoms with Crippen LogP contribution in [0.2, 0.25) is 0 Å². The van der Waals surface area contributed by atoms with Crippen LogP contribution < -0.4 is 0 Å². The summed E-state index contributed by atoms with van der Waals surface area (Å²) >= 11 is 0. The Morgan fingerprint density at radius 1 is 0.781 bits per heavy atom. The fourth-order valence-electron chi connectivity index (χ4n) is 3.94. The van der Waals surface area contributed by atoms with Gasteiger partial charge in [0.05, 0.1) is 12.3 Å². The second-order valence-corrected chi connectivity index (χ2v) is 9.00. The largest absolute Gasteiger partial charge is 0.481 e. The van der Waals surface area contributed by atoms with Crippen LogP contribution in [0.3, 0.4) is 0 Å². The summed E-state index contributed by atoms with van der Waals surface area (Å²) in [6.07, 6.45) is 28.3. The molecule has 0 aromatic rings. The van der Waals surface area contributed by atoms with E-state index >= 15 is 0 Å². The zero-order chi connectivity index (χ0) is 23.7. The molecule has 1 atom stereocenters. The highest BCUT2D eigenvalue weighted by Gasteiger charge is 2.22. The van der Waals surface area contributed by atoms with Crippen LogP contribution in [0.25, 0.3) is 0 Å². The minimum atomic E-state index is -0.947. The van der Waals surface area contributed by atoms with Crippen molar-refractivity contribution in [1.82, 2.24) is 0 Å². The first-order valence-corrected chi connectivity index (χ1v) is 13.3. The van der Waals surface area contributed by atoms with E-state index in [-0.39, 0.29) is 13.0 Å². The third kappa shape index (κ3) is 21.6. The summed E-state index contributed by atoms with van der Waals surface area (Å²) in [6.45, 7) is 5.92. The lowest BCUT2D eigenvalue weighted by molar-refractivity contribution is -0.152. The first-order valence-electron chi connectivity index (χ1n) is 13.3. The Bertz CT molecular complexity index is 484. The molecule has 0 spiro atoms. The van der Waals surface area contributed by atoms with E-state index in [1.165, 1.54) is 96.0 Å². The third-order valence-corrected chi connectivity index (χ3v) is 5.91. The maximum Gasteiger partial charge on any atom is 0.309 e. The smallest absolute Gasteiger partial charge is 0.309 e. The molecule has 0 aromatic heterocycles. The molecule has 0 bridgehead atoms. The molecule has 32 heavy (non-hydrogen) atoms. The highest BCUT2D eigenvalue weighted by Crippen LogP contribution is 2.18. The minimum Gasteiger partial charge on any atom is -0.481 e. The Kier molecular flexibility index (Phi) is 22.9. The highest BCUT2D eigenvalue weighted by molar-refractivity contribution is 5.79. The molecule has 0 aromatic carbocycles. The minimum absolute atomic E-state index is 0.142. The predicted octanol–water partition coefficient (Wildman–Crippen LogP) is 8.40. The van der Waals surface area contributed by atoms with Gasteiger partial charge in [-0.3, -0.25) is 9.59 Å². The van der Waals surface area contributed by atoms with Gasteiger partial charge in [-0.25, -0.2) is 0 Å². The van der Waals surface area contributed by atoms with Gasteiger partial charge in [0, 0.05) is 0 Å². The number of hydrogen-bond donors (Lipinski definition) is 1. The lowest BCUT2D eigenvalue weighted by Gasteiger charge is -2.13. The number of carboxylic acids is 1. The van der Waals surface area contributed by atoms with E-state index in [1.807, 2.05) is 0 Å². The van der Waals surface area contributed by atoms with Crippen molar-refractivity contribution in [2.75, 3.05) is 6.61 Å². The number of carbonyl (C=O) groups is 2. The predicted molar refractivity (Wildman–Crippen MR) is 135 cm³/mol. The lowest BCUT2D eigenvalue weighted by Crippen LogP contribution is -2.21. The van der Waals surface area contributed by atoms with Crippen LogP contribution in [0.5, 0.6) is 0 Å². The molecular formula is C28H50O4. The fraction of sp³-hybridized carbons (Fsp3) is 0.786. The Balaban J connectivity index is 3.50. The van der Waals surface area contributed by atoms with Crippen LogP contribution in [0, 0.1) is 5.92 Å². The molecule has 0 rings (SSSR count). The van der Waals surface area contributed by atoms with Gasteiger partial charge in [-0.2, -0.15) is 0 Å². The number of rotatable bonds is 24. The number of carbonyl (C=O) groups excluding carboxylic acids is 1. The maximum absolute atomic E-state index is 11.9. The first-order chi connectivity index (χ1) is 15.6. The molecular weight excluding hydrogens is 400 g/mol. The molecule has 0 saturated carbocycles. The third-order valence-electron chi connectivity index (χ3n) is 5.91. The monoisotopic (exact) mass is 450 g/mol. The van der Waals surface area contributed by atoms with E-state index in [1.54, 1.807) is 0 Å². The average Bonchev–Trinajstić information content (AvgIpc) is 2.77. The standard InChI is InChI=1S/C28H50O4/c1-3-5-6-7-8-9-10-11-12-13-14-15-16-17-18-19-20-21-22-23-26(25-27(29)30)28(31)32-24-4-2/h4,13-14,26H,2-3,5-12,15-25H2,1H3,(H,29,30)/b14-13+. The number of unbranched alkanes of at least 4 members (excludes halogenated alkanes) is 15. The zero-order valence-corrected chi connectivity index (χ0v) is 20.8. The highest BCUT2D eigenvalue weighted by atomic mass is 16.5. The van der Waals surface area contributed by atoms with Crippen LogP contribution in [-0.2, 0) is 14.3 Å². The van der Waals surface area contributed by atoms with Crippen LogP contribution in [-0.4, -0.2) is 23.7 Å². The molecule has 1 unspecified atom stereocenters. The summed E-state index contributed by atoms with van der Waals surface area (Å²) in [7, 11) is 0. The van der Waals surface area contributed by atoms with Gasteiger partial charge >= 0.3 is 11.9 Å². The van der Waals surface area contributed by atoms with Gasteiger partial charge in [0.1, 0.15) is 6.61 Å². The topological polar surface area (TPSA) is 63.6 Å². The number of esters is 1. The van der Waals surface area contributed by atoms with Crippen molar-refractivity contribution >= 4 is 11.9 Å². The van der Waals surface area contributed by atoms with Crippen LogP contribution in [0.1, 0.15) is 129 Å². The fourth-order valence-corrected chi connectivity index (χ4v) is 3.94. The van der Waals surface area contributed by atoms with Gasteiger partial charge in [-0.05, 0) is 32.1 Å². The summed E-state index contributed by atoms with van der Waals surface area (Å²) in [5.74, 6) is -1.90. The number of aliphatic carboxylic acids is 1. The SMILES string of the molecule is C=CCOC(=O)C(CCCCCCCCC/C=C/CCCCCCCCCC)CC(=O)O. The van der Waals surface area contributed by atoms with E-state index in [0.29, 0.717) is 6.42 Å². The van der Waals surface area contributed by atoms with E-state index in [4.69, 9.17) is 9.84 Å². The van der Waals surface area contributed by atoms with E-state index in [2.05, 4.69) is 25.7 Å². The van der Waals surface area contributed by atoms with Crippen molar-refractivity contribution in [3.63, 3.8) is 0 Å². The quantitative estimate of drug-likeness (QED) is 0.0910. The molecule has 0 aliphatic heterocycles.